The third-order valence-corrected chi connectivity index (χ3v) is 10.6. The van der Waals surface area contributed by atoms with Crippen LogP contribution < -0.4 is 9.62 Å². The number of carbonyl (C=O) groups is 2. The molecular formula is C38H43N3O4S. The predicted molar refractivity (Wildman–Crippen MR) is 183 cm³/mol. The zero-order valence-corrected chi connectivity index (χ0v) is 27.5. The summed E-state index contributed by atoms with van der Waals surface area (Å²) in [4.78, 5) is 30.5. The van der Waals surface area contributed by atoms with Gasteiger partial charge in [-0.2, -0.15) is 0 Å². The molecule has 0 spiro atoms. The monoisotopic (exact) mass is 637 g/mol. The lowest BCUT2D eigenvalue weighted by atomic mass is 9.94. The van der Waals surface area contributed by atoms with E-state index in [4.69, 9.17) is 0 Å². The summed E-state index contributed by atoms with van der Waals surface area (Å²) in [5, 5.41) is 3.25. The number of anilines is 1. The van der Waals surface area contributed by atoms with Crippen molar-refractivity contribution in [3.05, 3.63) is 131 Å². The summed E-state index contributed by atoms with van der Waals surface area (Å²) >= 11 is 0. The molecule has 8 heteroatoms. The van der Waals surface area contributed by atoms with Gasteiger partial charge in [-0.15, -0.1) is 0 Å². The molecule has 2 amide bonds. The van der Waals surface area contributed by atoms with Gasteiger partial charge in [-0.3, -0.25) is 13.9 Å². The summed E-state index contributed by atoms with van der Waals surface area (Å²) in [6.07, 6.45) is 5.39. The second kappa shape index (κ2) is 15.2. The number of rotatable bonds is 12. The number of hydrogen-bond acceptors (Lipinski definition) is 4. The van der Waals surface area contributed by atoms with Crippen LogP contribution in [0.25, 0.3) is 0 Å². The molecule has 5 rings (SSSR count). The Bertz CT molecular complexity index is 1710. The van der Waals surface area contributed by atoms with E-state index in [1.807, 2.05) is 80.6 Å². The molecular weight excluding hydrogens is 595 g/mol. The maximum Gasteiger partial charge on any atom is 0.264 e. The number of nitrogens with zero attached hydrogens (tertiary/aromatic N) is 2. The van der Waals surface area contributed by atoms with Gasteiger partial charge >= 0.3 is 0 Å². The fraction of sp³-hybridized carbons (Fsp3) is 0.316. The molecule has 1 N–H and O–H groups in total. The SMILES string of the molecule is Cc1cccc(N(CC(=O)N(Cc2ccccc2)[C@@H](Cc2ccccc2)C(=O)NC2CCCCC2)S(=O)(=O)c2ccccc2)c1C. The minimum atomic E-state index is -4.14. The molecule has 7 nitrogen and oxygen atoms in total. The summed E-state index contributed by atoms with van der Waals surface area (Å²) < 4.78 is 29.7. The predicted octanol–water partition coefficient (Wildman–Crippen LogP) is 6.59. The summed E-state index contributed by atoms with van der Waals surface area (Å²) in [7, 11) is -4.14. The molecule has 1 aliphatic carbocycles. The molecule has 0 aromatic heterocycles. The fourth-order valence-electron chi connectivity index (χ4n) is 6.12. The summed E-state index contributed by atoms with van der Waals surface area (Å²) in [5.41, 5.74) is 3.88. The van der Waals surface area contributed by atoms with Crippen LogP contribution in [0.4, 0.5) is 5.69 Å². The Morgan fingerprint density at radius 1 is 0.761 bits per heavy atom. The summed E-state index contributed by atoms with van der Waals surface area (Å²) in [6, 6.07) is 32.0. The Labute approximate surface area is 273 Å². The number of carbonyl (C=O) groups excluding carboxylic acids is 2. The molecule has 0 heterocycles. The van der Waals surface area contributed by atoms with Gasteiger partial charge < -0.3 is 10.2 Å². The molecule has 0 bridgehead atoms. The van der Waals surface area contributed by atoms with E-state index in [2.05, 4.69) is 5.32 Å². The van der Waals surface area contributed by atoms with E-state index in [9.17, 15) is 18.0 Å². The second-order valence-electron chi connectivity index (χ2n) is 12.1. The number of benzene rings is 4. The maximum absolute atomic E-state index is 14.7. The van der Waals surface area contributed by atoms with Gasteiger partial charge in [0.25, 0.3) is 10.0 Å². The average molecular weight is 638 g/mol. The van der Waals surface area contributed by atoms with Crippen molar-refractivity contribution in [1.82, 2.24) is 10.2 Å². The van der Waals surface area contributed by atoms with Gasteiger partial charge in [0.1, 0.15) is 12.6 Å². The van der Waals surface area contributed by atoms with Crippen LogP contribution in [0.2, 0.25) is 0 Å². The van der Waals surface area contributed by atoms with E-state index in [0.717, 1.165) is 54.4 Å². The van der Waals surface area contributed by atoms with Crippen LogP contribution in [-0.2, 0) is 32.6 Å². The Morgan fingerprint density at radius 3 is 1.98 bits per heavy atom. The van der Waals surface area contributed by atoms with Gasteiger partial charge in [-0.1, -0.05) is 110 Å². The number of nitrogens with one attached hydrogen (secondary N) is 1. The average Bonchev–Trinajstić information content (AvgIpc) is 3.08. The third-order valence-electron chi connectivity index (χ3n) is 8.87. The number of amides is 2. The molecule has 46 heavy (non-hydrogen) atoms. The second-order valence-corrected chi connectivity index (χ2v) is 14.0. The van der Waals surface area contributed by atoms with Crippen LogP contribution in [0.1, 0.15) is 54.4 Å². The Morgan fingerprint density at radius 2 is 1.35 bits per heavy atom. The van der Waals surface area contributed by atoms with Crippen LogP contribution >= 0.6 is 0 Å². The molecule has 4 aromatic rings. The van der Waals surface area contributed by atoms with Gasteiger partial charge in [0.2, 0.25) is 11.8 Å². The maximum atomic E-state index is 14.7. The highest BCUT2D eigenvalue weighted by molar-refractivity contribution is 7.92. The highest BCUT2D eigenvalue weighted by Crippen LogP contribution is 2.29. The van der Waals surface area contributed by atoms with Crippen molar-refractivity contribution in [1.29, 1.82) is 0 Å². The number of aryl methyl sites for hydroxylation is 1. The first kappa shape index (κ1) is 32.9. The molecule has 1 fully saturated rings. The first-order chi connectivity index (χ1) is 22.2. The van der Waals surface area contributed by atoms with Crippen LogP contribution in [0.3, 0.4) is 0 Å². The van der Waals surface area contributed by atoms with E-state index in [0.29, 0.717) is 12.1 Å². The van der Waals surface area contributed by atoms with Gasteiger partial charge in [0.05, 0.1) is 10.6 Å². The summed E-state index contributed by atoms with van der Waals surface area (Å²) in [6.45, 7) is 3.47. The van der Waals surface area contributed by atoms with Crippen molar-refractivity contribution >= 4 is 27.5 Å². The molecule has 1 aliphatic rings. The standard InChI is InChI=1S/C38H43N3O4S/c1-29-16-15-25-35(30(29)2)41(46(44,45)34-23-13-6-14-24-34)28-37(42)40(27-32-19-9-4-10-20-32)36(26-31-17-7-3-8-18-31)38(43)39-33-21-11-5-12-22-33/h3-4,6-10,13-20,23-25,33,36H,5,11-12,21-22,26-28H2,1-2H3,(H,39,43)/t36-/m0/s1. The Balaban J connectivity index is 1.57. The first-order valence-corrected chi connectivity index (χ1v) is 17.5. The molecule has 0 aliphatic heterocycles. The molecule has 1 saturated carbocycles. The lowest BCUT2D eigenvalue weighted by Crippen LogP contribution is -2.55. The van der Waals surface area contributed by atoms with Crippen molar-refractivity contribution in [3.8, 4) is 0 Å². The minimum Gasteiger partial charge on any atom is -0.352 e. The van der Waals surface area contributed by atoms with Gasteiger partial charge in [0, 0.05) is 19.0 Å². The molecule has 1 atom stereocenters. The molecule has 4 aromatic carbocycles. The normalized spacial score (nSPS) is 14.3. The third kappa shape index (κ3) is 8.04. The fourth-order valence-corrected chi connectivity index (χ4v) is 7.61. The molecule has 240 valence electrons. The first-order valence-electron chi connectivity index (χ1n) is 16.1. The number of hydrogen-bond donors (Lipinski definition) is 1. The van der Waals surface area contributed by atoms with Crippen molar-refractivity contribution in [3.63, 3.8) is 0 Å². The van der Waals surface area contributed by atoms with E-state index >= 15 is 0 Å². The Hall–Kier alpha value is -4.43. The van der Waals surface area contributed by atoms with E-state index in [-0.39, 0.29) is 23.4 Å². The van der Waals surface area contributed by atoms with E-state index < -0.39 is 28.5 Å². The van der Waals surface area contributed by atoms with Crippen molar-refractivity contribution in [2.24, 2.45) is 0 Å². The zero-order chi connectivity index (χ0) is 32.5. The van der Waals surface area contributed by atoms with Gasteiger partial charge in [0.15, 0.2) is 0 Å². The van der Waals surface area contributed by atoms with Crippen LogP contribution in [-0.4, -0.2) is 43.8 Å². The molecule has 0 unspecified atom stereocenters. The van der Waals surface area contributed by atoms with Crippen LogP contribution in [0.15, 0.2) is 114 Å². The zero-order valence-electron chi connectivity index (χ0n) is 26.6. The molecule has 0 saturated heterocycles. The highest BCUT2D eigenvalue weighted by Gasteiger charge is 2.35. The smallest absolute Gasteiger partial charge is 0.264 e. The van der Waals surface area contributed by atoms with Crippen LogP contribution in [0.5, 0.6) is 0 Å². The topological polar surface area (TPSA) is 86.8 Å². The van der Waals surface area contributed by atoms with Crippen molar-refractivity contribution < 1.29 is 18.0 Å². The lowest BCUT2D eigenvalue weighted by molar-refractivity contribution is -0.140. The van der Waals surface area contributed by atoms with Crippen LogP contribution in [0, 0.1) is 13.8 Å². The number of sulfonamides is 1. The van der Waals surface area contributed by atoms with Crippen molar-refractivity contribution in [2.75, 3.05) is 10.8 Å². The lowest BCUT2D eigenvalue weighted by Gasteiger charge is -2.35. The van der Waals surface area contributed by atoms with Gasteiger partial charge in [-0.05, 0) is 67.1 Å². The quantitative estimate of drug-likeness (QED) is 0.190. The summed E-state index contributed by atoms with van der Waals surface area (Å²) in [5.74, 6) is -0.673. The van der Waals surface area contributed by atoms with Crippen molar-refractivity contribution in [2.45, 2.75) is 75.9 Å². The molecule has 0 radical (unpaired) electrons. The largest absolute Gasteiger partial charge is 0.352 e. The van der Waals surface area contributed by atoms with Gasteiger partial charge in [-0.25, -0.2) is 8.42 Å². The highest BCUT2D eigenvalue weighted by atomic mass is 32.2. The van der Waals surface area contributed by atoms with E-state index in [1.165, 1.54) is 16.4 Å². The Kier molecular flexibility index (Phi) is 10.9. The minimum absolute atomic E-state index is 0.0538. The van der Waals surface area contributed by atoms with E-state index in [1.54, 1.807) is 35.2 Å².